The Bertz CT molecular complexity index is 895. The van der Waals surface area contributed by atoms with E-state index in [1.807, 2.05) is 11.8 Å². The smallest absolute Gasteiger partial charge is 0.265 e. The zero-order chi connectivity index (χ0) is 21.8. The maximum absolute atomic E-state index is 13.0. The highest BCUT2D eigenvalue weighted by Crippen LogP contribution is 2.25. The summed E-state index contributed by atoms with van der Waals surface area (Å²) in [6.07, 6.45) is 0.880. The Balaban J connectivity index is 1.65. The molecular weight excluding hydrogens is 402 g/mol. The minimum absolute atomic E-state index is 0.00940. The van der Waals surface area contributed by atoms with Crippen LogP contribution in [0.4, 0.5) is 0 Å². The van der Waals surface area contributed by atoms with E-state index in [0.717, 1.165) is 17.1 Å². The molecule has 1 aliphatic heterocycles. The largest absolute Gasteiger partial charge is 0.497 e. The molecule has 0 radical (unpaired) electrons. The molecule has 1 aromatic heterocycles. The number of hydrogen-bond acceptors (Lipinski definition) is 6. The summed E-state index contributed by atoms with van der Waals surface area (Å²) in [6.45, 7) is 8.16. The van der Waals surface area contributed by atoms with Crippen molar-refractivity contribution in [3.63, 3.8) is 0 Å². The zero-order valence-corrected chi connectivity index (χ0v) is 19.0. The molecule has 1 aliphatic rings. The number of amides is 2. The molecule has 1 aromatic carbocycles. The molecule has 1 fully saturated rings. The number of piperazine rings is 1. The highest BCUT2D eigenvalue weighted by Gasteiger charge is 2.28. The molecule has 7 nitrogen and oxygen atoms in total. The van der Waals surface area contributed by atoms with Crippen molar-refractivity contribution >= 4 is 23.2 Å². The van der Waals surface area contributed by atoms with Crippen LogP contribution in [0.3, 0.4) is 0 Å². The van der Waals surface area contributed by atoms with Crippen LogP contribution in [0.2, 0.25) is 0 Å². The maximum Gasteiger partial charge on any atom is 0.265 e. The van der Waals surface area contributed by atoms with Crippen molar-refractivity contribution in [1.29, 1.82) is 0 Å². The predicted molar refractivity (Wildman–Crippen MR) is 117 cm³/mol. The lowest BCUT2D eigenvalue weighted by atomic mass is 10.1. The highest BCUT2D eigenvalue weighted by molar-refractivity contribution is 7.13. The molecule has 0 aliphatic carbocycles. The Morgan fingerprint density at radius 1 is 1.00 bits per heavy atom. The van der Waals surface area contributed by atoms with Gasteiger partial charge in [-0.2, -0.15) is 0 Å². The summed E-state index contributed by atoms with van der Waals surface area (Å²) in [5.74, 6) is 1.57. The minimum Gasteiger partial charge on any atom is -0.497 e. The molecule has 0 bridgehead atoms. The Kier molecular flexibility index (Phi) is 6.97. The fourth-order valence-electron chi connectivity index (χ4n) is 3.46. The van der Waals surface area contributed by atoms with Gasteiger partial charge in [0.25, 0.3) is 11.8 Å². The summed E-state index contributed by atoms with van der Waals surface area (Å²) in [4.78, 5) is 34.8. The number of carbonyl (C=O) groups excluding carboxylic acids is 2. The molecule has 0 spiro atoms. The quantitative estimate of drug-likeness (QED) is 0.702. The van der Waals surface area contributed by atoms with Crippen LogP contribution in [0.1, 0.15) is 44.6 Å². The lowest BCUT2D eigenvalue weighted by Crippen LogP contribution is -2.50. The number of carbonyl (C=O) groups is 2. The second-order valence-electron chi connectivity index (χ2n) is 7.81. The van der Waals surface area contributed by atoms with Gasteiger partial charge in [0.15, 0.2) is 0 Å². The van der Waals surface area contributed by atoms with Crippen LogP contribution >= 0.6 is 11.3 Å². The molecule has 2 aromatic rings. The van der Waals surface area contributed by atoms with Gasteiger partial charge in [0.1, 0.15) is 16.4 Å². The third kappa shape index (κ3) is 4.92. The molecular formula is C22H29N3O4S. The number of nitrogens with zero attached hydrogens (tertiary/aromatic N) is 3. The first-order valence-electron chi connectivity index (χ1n) is 10.1. The minimum atomic E-state index is -0.0903. The fraction of sp³-hybridized carbons (Fsp3) is 0.500. The van der Waals surface area contributed by atoms with E-state index in [1.54, 1.807) is 37.3 Å². The molecule has 0 saturated carbocycles. The van der Waals surface area contributed by atoms with Gasteiger partial charge in [-0.05, 0) is 25.0 Å². The van der Waals surface area contributed by atoms with Gasteiger partial charge in [0.05, 0.1) is 24.9 Å². The van der Waals surface area contributed by atoms with Crippen molar-refractivity contribution in [3.8, 4) is 11.5 Å². The van der Waals surface area contributed by atoms with Crippen molar-refractivity contribution in [3.05, 3.63) is 39.3 Å². The van der Waals surface area contributed by atoms with Crippen molar-refractivity contribution < 1.29 is 19.1 Å². The van der Waals surface area contributed by atoms with Gasteiger partial charge < -0.3 is 19.3 Å². The van der Waals surface area contributed by atoms with Crippen LogP contribution in [0, 0.1) is 12.8 Å². The van der Waals surface area contributed by atoms with Gasteiger partial charge in [-0.25, -0.2) is 4.98 Å². The number of methoxy groups -OCH3 is 2. The number of ether oxygens (including phenoxy) is 2. The summed E-state index contributed by atoms with van der Waals surface area (Å²) < 4.78 is 10.5. The number of hydrogen-bond donors (Lipinski definition) is 0. The second kappa shape index (κ2) is 9.47. The van der Waals surface area contributed by atoms with Crippen molar-refractivity contribution in [1.82, 2.24) is 14.8 Å². The molecule has 3 rings (SSSR count). The molecule has 0 atom stereocenters. The van der Waals surface area contributed by atoms with E-state index >= 15 is 0 Å². The van der Waals surface area contributed by atoms with Crippen molar-refractivity contribution in [2.75, 3.05) is 40.4 Å². The van der Waals surface area contributed by atoms with E-state index in [-0.39, 0.29) is 11.8 Å². The lowest BCUT2D eigenvalue weighted by Gasteiger charge is -2.34. The summed E-state index contributed by atoms with van der Waals surface area (Å²) in [5, 5.41) is 1.01. The standard InChI is InChI=1S/C22H29N3O4S/c1-14(2)10-19-23-15(3)20(30-19)22(27)25-8-6-24(7-9-25)21(26)16-11-17(28-4)13-18(12-16)29-5/h11-14H,6-10H2,1-5H3. The van der Waals surface area contributed by atoms with Crippen molar-refractivity contribution in [2.45, 2.75) is 27.2 Å². The van der Waals surface area contributed by atoms with Crippen LogP contribution in [-0.4, -0.2) is 67.0 Å². The number of aryl methyl sites for hydroxylation is 1. The zero-order valence-electron chi connectivity index (χ0n) is 18.2. The van der Waals surface area contributed by atoms with Gasteiger partial charge >= 0.3 is 0 Å². The summed E-state index contributed by atoms with van der Waals surface area (Å²) in [5.41, 5.74) is 1.31. The summed E-state index contributed by atoms with van der Waals surface area (Å²) in [7, 11) is 3.11. The predicted octanol–water partition coefficient (Wildman–Crippen LogP) is 3.27. The second-order valence-corrected chi connectivity index (χ2v) is 8.89. The van der Waals surface area contributed by atoms with Crippen LogP contribution in [-0.2, 0) is 6.42 Å². The van der Waals surface area contributed by atoms with Gasteiger partial charge in [0.2, 0.25) is 0 Å². The fourth-order valence-corrected chi connectivity index (χ4v) is 4.70. The normalized spacial score (nSPS) is 14.2. The number of thiazole rings is 1. The average molecular weight is 432 g/mol. The van der Waals surface area contributed by atoms with Gasteiger partial charge in [-0.15, -0.1) is 11.3 Å². The first kappa shape index (κ1) is 22.1. The highest BCUT2D eigenvalue weighted by atomic mass is 32.1. The van der Waals surface area contributed by atoms with Gasteiger partial charge in [-0.3, -0.25) is 9.59 Å². The van der Waals surface area contributed by atoms with E-state index in [1.165, 1.54) is 11.3 Å². The van der Waals surface area contributed by atoms with Crippen LogP contribution in [0.15, 0.2) is 18.2 Å². The maximum atomic E-state index is 13.0. The van der Waals surface area contributed by atoms with Crippen LogP contribution < -0.4 is 9.47 Å². The van der Waals surface area contributed by atoms with E-state index in [2.05, 4.69) is 18.8 Å². The first-order valence-corrected chi connectivity index (χ1v) is 10.9. The SMILES string of the molecule is COc1cc(OC)cc(C(=O)N2CCN(C(=O)c3sc(CC(C)C)nc3C)CC2)c1. The molecule has 162 valence electrons. The Morgan fingerprint density at radius 3 is 2.03 bits per heavy atom. The molecule has 30 heavy (non-hydrogen) atoms. The molecule has 1 saturated heterocycles. The lowest BCUT2D eigenvalue weighted by molar-refractivity contribution is 0.0537. The van der Waals surface area contributed by atoms with Crippen LogP contribution in [0.25, 0.3) is 0 Å². The van der Waals surface area contributed by atoms with Crippen molar-refractivity contribution in [2.24, 2.45) is 5.92 Å². The molecule has 2 heterocycles. The van der Waals surface area contributed by atoms with E-state index in [9.17, 15) is 9.59 Å². The van der Waals surface area contributed by atoms with Gasteiger partial charge in [0, 0.05) is 44.2 Å². The summed E-state index contributed by atoms with van der Waals surface area (Å²) >= 11 is 1.49. The third-order valence-electron chi connectivity index (χ3n) is 5.07. The third-order valence-corrected chi connectivity index (χ3v) is 6.24. The monoisotopic (exact) mass is 431 g/mol. The van der Waals surface area contributed by atoms with E-state index < -0.39 is 0 Å². The van der Waals surface area contributed by atoms with Gasteiger partial charge in [-0.1, -0.05) is 13.8 Å². The van der Waals surface area contributed by atoms with E-state index in [0.29, 0.717) is 54.0 Å². The number of aromatic nitrogens is 1. The van der Waals surface area contributed by atoms with E-state index in [4.69, 9.17) is 9.47 Å². The number of rotatable bonds is 6. The Morgan fingerprint density at radius 2 is 1.53 bits per heavy atom. The average Bonchev–Trinajstić information content (AvgIpc) is 3.11. The first-order chi connectivity index (χ1) is 14.3. The Hall–Kier alpha value is -2.61. The Labute approximate surface area is 181 Å². The van der Waals surface area contributed by atoms with Crippen LogP contribution in [0.5, 0.6) is 11.5 Å². The molecule has 0 unspecified atom stereocenters. The molecule has 8 heteroatoms. The molecule has 0 N–H and O–H groups in total. The number of benzene rings is 1. The molecule has 2 amide bonds. The topological polar surface area (TPSA) is 72.0 Å². The summed E-state index contributed by atoms with van der Waals surface area (Å²) in [6, 6.07) is 5.15.